The van der Waals surface area contributed by atoms with Gasteiger partial charge in [-0.15, -0.1) is 0 Å². The molecule has 5 heteroatoms. The van der Waals surface area contributed by atoms with Crippen molar-refractivity contribution in [2.24, 2.45) is 11.8 Å². The van der Waals surface area contributed by atoms with Crippen LogP contribution in [-0.2, 0) is 4.74 Å². The summed E-state index contributed by atoms with van der Waals surface area (Å²) >= 11 is 0. The lowest BCUT2D eigenvalue weighted by Gasteiger charge is -2.32. The van der Waals surface area contributed by atoms with Crippen LogP contribution >= 0.6 is 0 Å². The van der Waals surface area contributed by atoms with Crippen LogP contribution in [0.2, 0.25) is 0 Å². The number of nitrogens with two attached hydrogens (primary N) is 1. The summed E-state index contributed by atoms with van der Waals surface area (Å²) in [5.41, 5.74) is 6.54. The number of nitrogen functional groups attached to an aromatic ring is 1. The zero-order valence-electron chi connectivity index (χ0n) is 12.3. The van der Waals surface area contributed by atoms with Crippen LogP contribution in [-0.4, -0.2) is 24.2 Å². The maximum Gasteiger partial charge on any atom is 0.356 e. The van der Waals surface area contributed by atoms with Crippen molar-refractivity contribution in [1.82, 2.24) is 4.98 Å². The summed E-state index contributed by atoms with van der Waals surface area (Å²) in [7, 11) is 1.32. The molecule has 1 aromatic rings. The molecule has 1 fully saturated rings. The van der Waals surface area contributed by atoms with Gasteiger partial charge in [-0.1, -0.05) is 13.8 Å². The molecule has 3 unspecified atom stereocenters. The van der Waals surface area contributed by atoms with Crippen molar-refractivity contribution >= 4 is 11.7 Å². The summed E-state index contributed by atoms with van der Waals surface area (Å²) in [4.78, 5) is 15.6. The van der Waals surface area contributed by atoms with Gasteiger partial charge >= 0.3 is 5.97 Å². The molecule has 0 radical (unpaired) electrons. The number of rotatable bonds is 3. The van der Waals surface area contributed by atoms with Crippen molar-refractivity contribution in [2.75, 3.05) is 12.8 Å². The minimum Gasteiger partial charge on any atom is -0.473 e. The molecule has 1 aliphatic carbocycles. The van der Waals surface area contributed by atoms with E-state index in [9.17, 15) is 4.79 Å². The van der Waals surface area contributed by atoms with E-state index in [4.69, 9.17) is 10.5 Å². The first-order valence-electron chi connectivity index (χ1n) is 7.02. The van der Waals surface area contributed by atoms with Gasteiger partial charge in [0.25, 0.3) is 0 Å². The van der Waals surface area contributed by atoms with Gasteiger partial charge in [0.15, 0.2) is 5.69 Å². The zero-order chi connectivity index (χ0) is 14.7. The van der Waals surface area contributed by atoms with Gasteiger partial charge < -0.3 is 15.2 Å². The zero-order valence-corrected chi connectivity index (χ0v) is 12.3. The maximum atomic E-state index is 11.5. The van der Waals surface area contributed by atoms with Crippen LogP contribution in [0.25, 0.3) is 0 Å². The van der Waals surface area contributed by atoms with Crippen molar-refractivity contribution in [3.63, 3.8) is 0 Å². The van der Waals surface area contributed by atoms with E-state index in [0.29, 0.717) is 17.5 Å². The second-order valence-electron chi connectivity index (χ2n) is 5.59. The highest BCUT2D eigenvalue weighted by molar-refractivity contribution is 5.87. The Morgan fingerprint density at radius 3 is 2.70 bits per heavy atom. The Labute approximate surface area is 119 Å². The molecule has 110 valence electrons. The third-order valence-corrected chi connectivity index (χ3v) is 4.11. The van der Waals surface area contributed by atoms with E-state index >= 15 is 0 Å². The predicted molar refractivity (Wildman–Crippen MR) is 76.6 cm³/mol. The fraction of sp³-hybridized carbons (Fsp3) is 0.600. The first-order valence-corrected chi connectivity index (χ1v) is 7.02. The lowest BCUT2D eigenvalue weighted by Crippen LogP contribution is -2.29. The molecule has 1 saturated carbocycles. The molecule has 0 aromatic carbocycles. The molecule has 0 saturated heterocycles. The van der Waals surface area contributed by atoms with Gasteiger partial charge in [0, 0.05) is 0 Å². The fourth-order valence-corrected chi connectivity index (χ4v) is 2.53. The summed E-state index contributed by atoms with van der Waals surface area (Å²) in [5.74, 6) is 1.19. The molecule has 1 aromatic heterocycles. The van der Waals surface area contributed by atoms with Crippen LogP contribution in [0.5, 0.6) is 5.88 Å². The number of hydrogen-bond donors (Lipinski definition) is 1. The monoisotopic (exact) mass is 278 g/mol. The number of ether oxygens (including phenoxy) is 2. The van der Waals surface area contributed by atoms with Gasteiger partial charge in [-0.05, 0) is 43.2 Å². The minimum atomic E-state index is -0.486. The second-order valence-corrected chi connectivity index (χ2v) is 5.59. The number of esters is 1. The molecule has 2 N–H and O–H groups in total. The summed E-state index contributed by atoms with van der Waals surface area (Å²) in [6.07, 6.45) is 3.24. The van der Waals surface area contributed by atoms with Crippen LogP contribution in [0.4, 0.5) is 5.69 Å². The van der Waals surface area contributed by atoms with Crippen molar-refractivity contribution in [3.05, 3.63) is 17.8 Å². The van der Waals surface area contributed by atoms with Crippen LogP contribution in [0.15, 0.2) is 12.1 Å². The Morgan fingerprint density at radius 1 is 1.30 bits per heavy atom. The van der Waals surface area contributed by atoms with Gasteiger partial charge in [-0.3, -0.25) is 0 Å². The summed E-state index contributed by atoms with van der Waals surface area (Å²) in [6, 6.07) is 3.17. The Balaban J connectivity index is 2.10. The molecule has 3 atom stereocenters. The molecular formula is C15H22N2O3. The van der Waals surface area contributed by atoms with Crippen molar-refractivity contribution in [1.29, 1.82) is 0 Å². The Morgan fingerprint density at radius 2 is 2.05 bits per heavy atom. The Kier molecular flexibility index (Phi) is 4.47. The largest absolute Gasteiger partial charge is 0.473 e. The Bertz CT molecular complexity index is 490. The number of hydrogen-bond acceptors (Lipinski definition) is 5. The van der Waals surface area contributed by atoms with E-state index in [0.717, 1.165) is 25.2 Å². The van der Waals surface area contributed by atoms with E-state index in [-0.39, 0.29) is 11.8 Å². The first-order chi connectivity index (χ1) is 9.51. The van der Waals surface area contributed by atoms with Crippen LogP contribution in [0.3, 0.4) is 0 Å². The highest BCUT2D eigenvalue weighted by Gasteiger charge is 2.26. The number of pyridine rings is 1. The van der Waals surface area contributed by atoms with E-state index in [2.05, 4.69) is 23.6 Å². The van der Waals surface area contributed by atoms with Crippen LogP contribution < -0.4 is 10.5 Å². The van der Waals surface area contributed by atoms with Gasteiger partial charge in [-0.25, -0.2) is 9.78 Å². The lowest BCUT2D eigenvalue weighted by atomic mass is 9.80. The molecule has 20 heavy (non-hydrogen) atoms. The average Bonchev–Trinajstić information content (AvgIpc) is 2.44. The van der Waals surface area contributed by atoms with Crippen molar-refractivity contribution in [3.8, 4) is 5.88 Å². The van der Waals surface area contributed by atoms with E-state index in [1.54, 1.807) is 12.1 Å². The van der Waals surface area contributed by atoms with Crippen LogP contribution in [0, 0.1) is 11.8 Å². The molecule has 1 heterocycles. The van der Waals surface area contributed by atoms with Gasteiger partial charge in [0.1, 0.15) is 6.10 Å². The van der Waals surface area contributed by atoms with Gasteiger partial charge in [0.05, 0.1) is 12.8 Å². The van der Waals surface area contributed by atoms with Gasteiger partial charge in [-0.2, -0.15) is 0 Å². The third kappa shape index (κ3) is 3.21. The number of aromatic nitrogens is 1. The molecule has 1 aliphatic rings. The fourth-order valence-electron chi connectivity index (χ4n) is 2.53. The molecule has 5 nitrogen and oxygen atoms in total. The normalized spacial score (nSPS) is 26.1. The number of anilines is 1. The minimum absolute atomic E-state index is 0.115. The second kappa shape index (κ2) is 6.11. The topological polar surface area (TPSA) is 74.4 Å². The lowest BCUT2D eigenvalue weighted by molar-refractivity contribution is 0.0589. The highest BCUT2D eigenvalue weighted by Crippen LogP contribution is 2.32. The standard InChI is InChI=1S/C15H22N2O3/c1-9-4-5-11(8-10(9)2)20-14-12(16)6-7-13(17-14)15(18)19-3/h6-7,9-11H,4-5,8,16H2,1-3H3. The first kappa shape index (κ1) is 14.6. The summed E-state index contributed by atoms with van der Waals surface area (Å²) in [5, 5.41) is 0. The van der Waals surface area contributed by atoms with Crippen LogP contribution in [0.1, 0.15) is 43.6 Å². The molecule has 0 amide bonds. The van der Waals surface area contributed by atoms with E-state index in [1.165, 1.54) is 7.11 Å². The van der Waals surface area contributed by atoms with Gasteiger partial charge in [0.2, 0.25) is 5.88 Å². The van der Waals surface area contributed by atoms with Crippen molar-refractivity contribution in [2.45, 2.75) is 39.2 Å². The highest BCUT2D eigenvalue weighted by atomic mass is 16.5. The molecule has 0 aliphatic heterocycles. The summed E-state index contributed by atoms with van der Waals surface area (Å²) in [6.45, 7) is 4.51. The quantitative estimate of drug-likeness (QED) is 0.860. The van der Waals surface area contributed by atoms with E-state index in [1.807, 2.05) is 0 Å². The Hall–Kier alpha value is -1.78. The summed E-state index contributed by atoms with van der Waals surface area (Å²) < 4.78 is 10.6. The number of nitrogens with zero attached hydrogens (tertiary/aromatic N) is 1. The third-order valence-electron chi connectivity index (χ3n) is 4.11. The number of methoxy groups -OCH3 is 1. The molecule has 2 rings (SSSR count). The van der Waals surface area contributed by atoms with Crippen molar-refractivity contribution < 1.29 is 14.3 Å². The maximum absolute atomic E-state index is 11.5. The van der Waals surface area contributed by atoms with E-state index < -0.39 is 5.97 Å². The SMILES string of the molecule is COC(=O)c1ccc(N)c(OC2CCC(C)C(C)C2)n1. The molecule has 0 spiro atoms. The number of carbonyl (C=O) groups is 1. The molecular weight excluding hydrogens is 256 g/mol. The number of carbonyl (C=O) groups excluding carboxylic acids is 1. The smallest absolute Gasteiger partial charge is 0.356 e. The molecule has 0 bridgehead atoms. The predicted octanol–water partition coefficient (Wildman–Crippen LogP) is 2.65. The average molecular weight is 278 g/mol.